The predicted octanol–water partition coefficient (Wildman–Crippen LogP) is 2.39. The molecule has 7 nitrogen and oxygen atoms in total. The van der Waals surface area contributed by atoms with E-state index >= 15 is 0 Å². The Labute approximate surface area is 176 Å². The molecule has 2 aromatic rings. The SMILES string of the molecule is NC(=O)C1CSC(c2cccc(OC[C@@H]3CSC(c4ccccc4O)=N3)c2O)=N1. The van der Waals surface area contributed by atoms with E-state index in [0.717, 1.165) is 10.8 Å². The predicted molar refractivity (Wildman–Crippen MR) is 116 cm³/mol. The summed E-state index contributed by atoms with van der Waals surface area (Å²) in [5, 5.41) is 22.0. The molecular weight excluding hydrogens is 410 g/mol. The fourth-order valence-corrected chi connectivity index (χ4v) is 5.12. The Balaban J connectivity index is 1.45. The van der Waals surface area contributed by atoms with Crippen LogP contribution in [0.2, 0.25) is 0 Å². The van der Waals surface area contributed by atoms with Crippen molar-refractivity contribution in [2.45, 2.75) is 12.1 Å². The number of rotatable bonds is 6. The minimum absolute atomic E-state index is 0.0144. The molecule has 0 saturated heterocycles. The summed E-state index contributed by atoms with van der Waals surface area (Å²) in [5.41, 5.74) is 6.55. The van der Waals surface area contributed by atoms with E-state index in [1.54, 1.807) is 42.1 Å². The smallest absolute Gasteiger partial charge is 0.243 e. The molecule has 4 N–H and O–H groups in total. The molecule has 2 aliphatic heterocycles. The molecule has 2 atom stereocenters. The number of amides is 1. The van der Waals surface area contributed by atoms with Crippen LogP contribution in [-0.2, 0) is 4.79 Å². The fraction of sp³-hybridized carbons (Fsp3) is 0.250. The third-order valence-corrected chi connectivity index (χ3v) is 6.72. The summed E-state index contributed by atoms with van der Waals surface area (Å²) >= 11 is 2.95. The summed E-state index contributed by atoms with van der Waals surface area (Å²) in [6, 6.07) is 11.6. The van der Waals surface area contributed by atoms with Gasteiger partial charge >= 0.3 is 0 Å². The number of carbonyl (C=O) groups is 1. The first kappa shape index (κ1) is 19.7. The molecule has 2 aliphatic rings. The van der Waals surface area contributed by atoms with Gasteiger partial charge in [0.15, 0.2) is 11.5 Å². The Kier molecular flexibility index (Phi) is 5.68. The van der Waals surface area contributed by atoms with Gasteiger partial charge in [0, 0.05) is 17.1 Å². The summed E-state index contributed by atoms with van der Waals surface area (Å²) in [7, 11) is 0. The van der Waals surface area contributed by atoms with Gasteiger partial charge in [-0.1, -0.05) is 18.2 Å². The van der Waals surface area contributed by atoms with E-state index in [2.05, 4.69) is 9.98 Å². The van der Waals surface area contributed by atoms with E-state index in [9.17, 15) is 15.0 Å². The number of aliphatic imine (C=N–C) groups is 2. The number of hydrogen-bond acceptors (Lipinski definition) is 8. The number of nitrogens with zero attached hydrogens (tertiary/aromatic N) is 2. The van der Waals surface area contributed by atoms with Gasteiger partial charge in [0.1, 0.15) is 28.5 Å². The first-order chi connectivity index (χ1) is 14.0. The van der Waals surface area contributed by atoms with Crippen LogP contribution in [0.1, 0.15) is 11.1 Å². The highest BCUT2D eigenvalue weighted by Gasteiger charge is 2.27. The largest absolute Gasteiger partial charge is 0.507 e. The summed E-state index contributed by atoms with van der Waals surface area (Å²) in [6.07, 6.45) is 0. The lowest BCUT2D eigenvalue weighted by Crippen LogP contribution is -2.26. The molecular formula is C20H19N3O4S2. The molecule has 0 saturated carbocycles. The molecule has 0 radical (unpaired) electrons. The number of primary amides is 1. The van der Waals surface area contributed by atoms with Crippen molar-refractivity contribution in [3.63, 3.8) is 0 Å². The van der Waals surface area contributed by atoms with Crippen LogP contribution in [0.15, 0.2) is 52.4 Å². The number of ether oxygens (including phenoxy) is 1. The van der Waals surface area contributed by atoms with E-state index in [0.29, 0.717) is 34.3 Å². The number of thioether (sulfide) groups is 2. The molecule has 29 heavy (non-hydrogen) atoms. The van der Waals surface area contributed by atoms with E-state index in [4.69, 9.17) is 10.5 Å². The van der Waals surface area contributed by atoms with Gasteiger partial charge in [-0.3, -0.25) is 14.8 Å². The number of phenolic OH excluding ortho intramolecular Hbond substituents is 2. The van der Waals surface area contributed by atoms with E-state index in [1.165, 1.54) is 11.8 Å². The van der Waals surface area contributed by atoms with Gasteiger partial charge in [-0.25, -0.2) is 0 Å². The minimum Gasteiger partial charge on any atom is -0.507 e. The van der Waals surface area contributed by atoms with Gasteiger partial charge < -0.3 is 20.7 Å². The molecule has 9 heteroatoms. The first-order valence-corrected chi connectivity index (χ1v) is 10.9. The summed E-state index contributed by atoms with van der Waals surface area (Å²) in [6.45, 7) is 0.296. The maximum atomic E-state index is 11.3. The van der Waals surface area contributed by atoms with E-state index in [1.807, 2.05) is 12.1 Å². The highest BCUT2D eigenvalue weighted by molar-refractivity contribution is 8.15. The third kappa shape index (κ3) is 4.20. The average Bonchev–Trinajstić information content (AvgIpc) is 3.37. The van der Waals surface area contributed by atoms with Crippen LogP contribution in [-0.4, -0.2) is 56.4 Å². The molecule has 0 spiro atoms. The highest BCUT2D eigenvalue weighted by Crippen LogP contribution is 2.36. The number of phenols is 2. The topological polar surface area (TPSA) is 118 Å². The van der Waals surface area contributed by atoms with Gasteiger partial charge in [-0.2, -0.15) is 0 Å². The molecule has 1 unspecified atom stereocenters. The van der Waals surface area contributed by atoms with Crippen molar-refractivity contribution in [1.29, 1.82) is 0 Å². The normalized spacial score (nSPS) is 21.0. The van der Waals surface area contributed by atoms with Crippen LogP contribution < -0.4 is 10.5 Å². The van der Waals surface area contributed by atoms with Gasteiger partial charge in [0.2, 0.25) is 5.91 Å². The van der Waals surface area contributed by atoms with Gasteiger partial charge in [0.05, 0.1) is 11.6 Å². The lowest BCUT2D eigenvalue weighted by Gasteiger charge is -2.12. The molecule has 0 aromatic heterocycles. The first-order valence-electron chi connectivity index (χ1n) is 8.97. The number of para-hydroxylation sites is 2. The van der Waals surface area contributed by atoms with Crippen molar-refractivity contribution < 1.29 is 19.7 Å². The Morgan fingerprint density at radius 1 is 1.03 bits per heavy atom. The van der Waals surface area contributed by atoms with Crippen LogP contribution in [0.3, 0.4) is 0 Å². The zero-order valence-electron chi connectivity index (χ0n) is 15.3. The Morgan fingerprint density at radius 2 is 1.76 bits per heavy atom. The Morgan fingerprint density at radius 3 is 2.52 bits per heavy atom. The molecule has 0 fully saturated rings. The van der Waals surface area contributed by atoms with Crippen molar-refractivity contribution in [2.24, 2.45) is 15.7 Å². The molecule has 1 amide bonds. The number of benzene rings is 2. The van der Waals surface area contributed by atoms with Crippen molar-refractivity contribution in [2.75, 3.05) is 18.1 Å². The second kappa shape index (κ2) is 8.38. The van der Waals surface area contributed by atoms with E-state index in [-0.39, 0.29) is 17.5 Å². The lowest BCUT2D eigenvalue weighted by molar-refractivity contribution is -0.118. The summed E-state index contributed by atoms with van der Waals surface area (Å²) in [4.78, 5) is 20.2. The number of aromatic hydroxyl groups is 2. The van der Waals surface area contributed by atoms with Crippen LogP contribution in [0.5, 0.6) is 17.2 Å². The number of carbonyl (C=O) groups excluding carboxylic acids is 1. The molecule has 150 valence electrons. The maximum Gasteiger partial charge on any atom is 0.243 e. The van der Waals surface area contributed by atoms with Crippen LogP contribution in [0.4, 0.5) is 0 Å². The molecule has 0 aliphatic carbocycles. The monoisotopic (exact) mass is 429 g/mol. The molecule has 0 bridgehead atoms. The van der Waals surface area contributed by atoms with Crippen LogP contribution in [0, 0.1) is 0 Å². The van der Waals surface area contributed by atoms with Crippen molar-refractivity contribution >= 4 is 39.5 Å². The van der Waals surface area contributed by atoms with E-state index < -0.39 is 11.9 Å². The quantitative estimate of drug-likeness (QED) is 0.649. The molecule has 2 heterocycles. The average molecular weight is 430 g/mol. The Hall–Kier alpha value is -2.65. The van der Waals surface area contributed by atoms with Gasteiger partial charge in [-0.05, 0) is 24.3 Å². The number of hydrogen-bond donors (Lipinski definition) is 3. The van der Waals surface area contributed by atoms with Gasteiger partial charge in [-0.15, -0.1) is 23.5 Å². The lowest BCUT2D eigenvalue weighted by atomic mass is 10.2. The minimum atomic E-state index is -0.573. The fourth-order valence-electron chi connectivity index (χ4n) is 2.97. The second-order valence-corrected chi connectivity index (χ2v) is 8.56. The highest BCUT2D eigenvalue weighted by atomic mass is 32.2. The third-order valence-electron chi connectivity index (χ3n) is 4.49. The summed E-state index contributed by atoms with van der Waals surface area (Å²) < 4.78 is 5.82. The standard InChI is InChI=1S/C20H19N3O4S2/c21-18(26)14-10-29-20(23-14)13-5-3-7-16(17(13)25)27-8-11-9-28-19(22-11)12-4-1-2-6-15(12)24/h1-7,11,14,24-25H,8-10H2,(H2,21,26)/t11-,14?/m1/s1. The zero-order chi connectivity index (χ0) is 20.4. The second-order valence-electron chi connectivity index (χ2n) is 6.54. The zero-order valence-corrected chi connectivity index (χ0v) is 16.9. The summed E-state index contributed by atoms with van der Waals surface area (Å²) in [5.74, 6) is 1.25. The van der Waals surface area contributed by atoms with Gasteiger partial charge in [0.25, 0.3) is 0 Å². The molecule has 2 aromatic carbocycles. The van der Waals surface area contributed by atoms with Crippen molar-refractivity contribution in [1.82, 2.24) is 0 Å². The van der Waals surface area contributed by atoms with Crippen molar-refractivity contribution in [3.8, 4) is 17.2 Å². The Bertz CT molecular complexity index is 1010. The van der Waals surface area contributed by atoms with Crippen LogP contribution >= 0.6 is 23.5 Å². The van der Waals surface area contributed by atoms with Crippen molar-refractivity contribution in [3.05, 3.63) is 53.6 Å². The molecule has 4 rings (SSSR count). The maximum absolute atomic E-state index is 11.3. The number of nitrogens with two attached hydrogens (primary N) is 1. The van der Waals surface area contributed by atoms with Crippen LogP contribution in [0.25, 0.3) is 0 Å².